The Morgan fingerprint density at radius 2 is 1.91 bits per heavy atom. The number of imidazole rings is 1. The van der Waals surface area contributed by atoms with Gasteiger partial charge in [0.05, 0.1) is 34.6 Å². The topological polar surface area (TPSA) is 84.2 Å². The second-order valence-electron chi connectivity index (χ2n) is 5.28. The SMILES string of the molecule is Cc1ccc(S(=O)(=O)Nc2ccc3c(c2)ncn3CCO)cc1. The third-order valence-electron chi connectivity index (χ3n) is 3.55. The minimum atomic E-state index is -3.63. The highest BCUT2D eigenvalue weighted by Gasteiger charge is 2.14. The maximum Gasteiger partial charge on any atom is 0.261 e. The van der Waals surface area contributed by atoms with Crippen LogP contribution in [0.5, 0.6) is 0 Å². The average molecular weight is 331 g/mol. The van der Waals surface area contributed by atoms with Crippen LogP contribution in [0.1, 0.15) is 5.56 Å². The van der Waals surface area contributed by atoms with E-state index in [2.05, 4.69) is 9.71 Å². The van der Waals surface area contributed by atoms with E-state index < -0.39 is 10.0 Å². The highest BCUT2D eigenvalue weighted by Crippen LogP contribution is 2.21. The van der Waals surface area contributed by atoms with Crippen molar-refractivity contribution >= 4 is 26.7 Å². The molecule has 0 aliphatic carbocycles. The summed E-state index contributed by atoms with van der Waals surface area (Å²) in [5.74, 6) is 0. The van der Waals surface area contributed by atoms with Crippen LogP contribution in [0.25, 0.3) is 11.0 Å². The van der Waals surface area contributed by atoms with Gasteiger partial charge in [-0.3, -0.25) is 4.72 Å². The van der Waals surface area contributed by atoms with Crippen LogP contribution in [0.2, 0.25) is 0 Å². The molecule has 0 radical (unpaired) electrons. The maximum absolute atomic E-state index is 12.4. The summed E-state index contributed by atoms with van der Waals surface area (Å²) in [5.41, 5.74) is 2.96. The molecule has 3 rings (SSSR count). The van der Waals surface area contributed by atoms with Gasteiger partial charge in [-0.1, -0.05) is 17.7 Å². The smallest absolute Gasteiger partial charge is 0.261 e. The zero-order valence-electron chi connectivity index (χ0n) is 12.6. The maximum atomic E-state index is 12.4. The first-order chi connectivity index (χ1) is 11.0. The van der Waals surface area contributed by atoms with Crippen LogP contribution in [-0.4, -0.2) is 29.7 Å². The first kappa shape index (κ1) is 15.5. The summed E-state index contributed by atoms with van der Waals surface area (Å²) in [6.07, 6.45) is 1.62. The molecular formula is C16H17N3O3S. The molecule has 1 aromatic heterocycles. The third kappa shape index (κ3) is 3.20. The molecule has 0 aliphatic heterocycles. The van der Waals surface area contributed by atoms with Gasteiger partial charge < -0.3 is 9.67 Å². The summed E-state index contributed by atoms with van der Waals surface area (Å²) in [5, 5.41) is 9.01. The van der Waals surface area contributed by atoms with Crippen molar-refractivity contribution in [2.24, 2.45) is 0 Å². The monoisotopic (exact) mass is 331 g/mol. The molecule has 0 fully saturated rings. The minimum Gasteiger partial charge on any atom is -0.395 e. The van der Waals surface area contributed by atoms with Crippen molar-refractivity contribution in [3.05, 3.63) is 54.4 Å². The lowest BCUT2D eigenvalue weighted by molar-refractivity contribution is 0.278. The van der Waals surface area contributed by atoms with Gasteiger partial charge in [-0.15, -0.1) is 0 Å². The second-order valence-corrected chi connectivity index (χ2v) is 6.97. The molecule has 0 bridgehead atoms. The number of hydrogen-bond donors (Lipinski definition) is 2. The van der Waals surface area contributed by atoms with Gasteiger partial charge in [-0.2, -0.15) is 0 Å². The zero-order chi connectivity index (χ0) is 16.4. The quantitative estimate of drug-likeness (QED) is 0.750. The minimum absolute atomic E-state index is 0.0211. The molecule has 0 saturated heterocycles. The molecule has 120 valence electrons. The van der Waals surface area contributed by atoms with Crippen molar-refractivity contribution in [3.63, 3.8) is 0 Å². The Balaban J connectivity index is 1.90. The summed E-state index contributed by atoms with van der Waals surface area (Å²) < 4.78 is 29.1. The number of aromatic nitrogens is 2. The summed E-state index contributed by atoms with van der Waals surface area (Å²) in [4.78, 5) is 4.45. The van der Waals surface area contributed by atoms with Crippen molar-refractivity contribution in [2.45, 2.75) is 18.4 Å². The van der Waals surface area contributed by atoms with Gasteiger partial charge in [0, 0.05) is 6.54 Å². The molecule has 0 amide bonds. The van der Waals surface area contributed by atoms with E-state index in [1.807, 2.05) is 11.5 Å². The number of aliphatic hydroxyl groups is 1. The van der Waals surface area contributed by atoms with E-state index in [9.17, 15) is 8.42 Å². The molecular weight excluding hydrogens is 314 g/mol. The van der Waals surface area contributed by atoms with E-state index in [4.69, 9.17) is 5.11 Å². The van der Waals surface area contributed by atoms with Crippen LogP contribution in [0, 0.1) is 6.92 Å². The molecule has 2 aromatic carbocycles. The normalized spacial score (nSPS) is 11.7. The van der Waals surface area contributed by atoms with Crippen molar-refractivity contribution in [1.29, 1.82) is 0 Å². The van der Waals surface area contributed by atoms with E-state index in [0.717, 1.165) is 11.1 Å². The Morgan fingerprint density at radius 1 is 1.17 bits per heavy atom. The predicted molar refractivity (Wildman–Crippen MR) is 88.8 cm³/mol. The molecule has 23 heavy (non-hydrogen) atoms. The number of sulfonamides is 1. The Morgan fingerprint density at radius 3 is 2.61 bits per heavy atom. The first-order valence-electron chi connectivity index (χ1n) is 7.15. The molecule has 0 saturated carbocycles. The fraction of sp³-hybridized carbons (Fsp3) is 0.188. The molecule has 0 aliphatic rings. The fourth-order valence-corrected chi connectivity index (χ4v) is 3.39. The lowest BCUT2D eigenvalue weighted by Gasteiger charge is -2.09. The van der Waals surface area contributed by atoms with Gasteiger partial charge in [0.2, 0.25) is 0 Å². The second kappa shape index (κ2) is 6.02. The molecule has 2 N–H and O–H groups in total. The summed E-state index contributed by atoms with van der Waals surface area (Å²) in [6.45, 7) is 2.37. The molecule has 0 spiro atoms. The number of fused-ring (bicyclic) bond motifs is 1. The van der Waals surface area contributed by atoms with Crippen LogP contribution in [0.4, 0.5) is 5.69 Å². The summed E-state index contributed by atoms with van der Waals surface area (Å²) >= 11 is 0. The Labute approximate surface area is 134 Å². The van der Waals surface area contributed by atoms with Crippen LogP contribution in [0.15, 0.2) is 53.7 Å². The lowest BCUT2D eigenvalue weighted by atomic mass is 10.2. The average Bonchev–Trinajstić information content (AvgIpc) is 2.90. The lowest BCUT2D eigenvalue weighted by Crippen LogP contribution is -2.12. The van der Waals surface area contributed by atoms with Crippen molar-refractivity contribution in [2.75, 3.05) is 11.3 Å². The number of nitrogens with one attached hydrogen (secondary N) is 1. The number of aliphatic hydroxyl groups excluding tert-OH is 1. The number of benzene rings is 2. The Kier molecular flexibility index (Phi) is 4.06. The fourth-order valence-electron chi connectivity index (χ4n) is 2.34. The summed E-state index contributed by atoms with van der Waals surface area (Å²) in [6, 6.07) is 11.8. The highest BCUT2D eigenvalue weighted by molar-refractivity contribution is 7.92. The van der Waals surface area contributed by atoms with Crippen LogP contribution in [-0.2, 0) is 16.6 Å². The van der Waals surface area contributed by atoms with Crippen molar-refractivity contribution < 1.29 is 13.5 Å². The van der Waals surface area contributed by atoms with Gasteiger partial charge in [-0.25, -0.2) is 13.4 Å². The standard InChI is InChI=1S/C16H17N3O3S/c1-12-2-5-14(6-3-12)23(21,22)18-13-4-7-16-15(10-13)17-11-19(16)8-9-20/h2-7,10-11,18,20H,8-9H2,1H3. The van der Waals surface area contributed by atoms with Gasteiger partial charge in [0.15, 0.2) is 0 Å². The highest BCUT2D eigenvalue weighted by atomic mass is 32.2. The van der Waals surface area contributed by atoms with Crippen LogP contribution >= 0.6 is 0 Å². The third-order valence-corrected chi connectivity index (χ3v) is 4.94. The zero-order valence-corrected chi connectivity index (χ0v) is 13.4. The van der Waals surface area contributed by atoms with Crippen LogP contribution < -0.4 is 4.72 Å². The van der Waals surface area contributed by atoms with E-state index in [1.165, 1.54) is 0 Å². The van der Waals surface area contributed by atoms with Gasteiger partial charge in [0.1, 0.15) is 0 Å². The van der Waals surface area contributed by atoms with E-state index in [0.29, 0.717) is 17.7 Å². The van der Waals surface area contributed by atoms with Crippen molar-refractivity contribution in [1.82, 2.24) is 9.55 Å². The number of aryl methyl sites for hydroxylation is 1. The molecule has 3 aromatic rings. The van der Waals surface area contributed by atoms with Gasteiger partial charge in [0.25, 0.3) is 10.0 Å². The molecule has 7 heteroatoms. The first-order valence-corrected chi connectivity index (χ1v) is 8.63. The number of anilines is 1. The molecule has 1 heterocycles. The van der Waals surface area contributed by atoms with Gasteiger partial charge >= 0.3 is 0 Å². The number of hydrogen-bond acceptors (Lipinski definition) is 4. The van der Waals surface area contributed by atoms with Crippen LogP contribution in [0.3, 0.4) is 0 Å². The van der Waals surface area contributed by atoms with E-state index in [1.54, 1.807) is 48.8 Å². The van der Waals surface area contributed by atoms with Crippen molar-refractivity contribution in [3.8, 4) is 0 Å². The molecule has 6 nitrogen and oxygen atoms in total. The Bertz CT molecular complexity index is 931. The molecule has 0 atom stereocenters. The van der Waals surface area contributed by atoms with E-state index >= 15 is 0 Å². The predicted octanol–water partition coefficient (Wildman–Crippen LogP) is 2.14. The number of rotatable bonds is 5. The summed E-state index contributed by atoms with van der Waals surface area (Å²) in [7, 11) is -3.63. The Hall–Kier alpha value is -2.38. The number of nitrogens with zero attached hydrogens (tertiary/aromatic N) is 2. The largest absolute Gasteiger partial charge is 0.395 e. The van der Waals surface area contributed by atoms with Gasteiger partial charge in [-0.05, 0) is 37.3 Å². The van der Waals surface area contributed by atoms with E-state index in [-0.39, 0.29) is 11.5 Å². The molecule has 0 unspecified atom stereocenters.